The molecule has 0 spiro atoms. The van der Waals surface area contributed by atoms with Crippen molar-refractivity contribution in [2.75, 3.05) is 31.1 Å². The molecule has 29 heavy (non-hydrogen) atoms. The maximum Gasteiger partial charge on any atom is 0.410 e. The predicted molar refractivity (Wildman–Crippen MR) is 111 cm³/mol. The molecule has 0 bridgehead atoms. The molecular formula is C22H27N3O4. The maximum atomic E-state index is 12.3. The number of pyridine rings is 1. The molecule has 1 aliphatic carbocycles. The molecule has 154 valence electrons. The zero-order valence-electron chi connectivity index (χ0n) is 17.1. The Labute approximate surface area is 170 Å². The molecule has 0 atom stereocenters. The lowest BCUT2D eigenvalue weighted by atomic mass is 10.0. The number of carboxylic acids is 1. The van der Waals surface area contributed by atoms with Gasteiger partial charge in [-0.15, -0.1) is 0 Å². The molecule has 2 aromatic rings. The standard InChI is InChI=1S/C22H27N3O4/c1-22(2,3)29-21(28)25-10-8-24(9-11-25)18-7-6-15-12-16(20(26)27)13-17(14-4-5-14)19(15)23-18/h6-7,12-14H,4-5,8-11H2,1-3H3,(H,26,27). The molecule has 1 saturated carbocycles. The molecule has 0 unspecified atom stereocenters. The van der Waals surface area contributed by atoms with Gasteiger partial charge in [0.25, 0.3) is 0 Å². The van der Waals surface area contributed by atoms with Crippen LogP contribution in [-0.4, -0.2) is 58.8 Å². The van der Waals surface area contributed by atoms with Crippen molar-refractivity contribution in [3.05, 3.63) is 35.4 Å². The third-order valence-corrected chi connectivity index (χ3v) is 5.33. The molecule has 0 radical (unpaired) electrons. The van der Waals surface area contributed by atoms with Crippen molar-refractivity contribution in [3.63, 3.8) is 0 Å². The normalized spacial score (nSPS) is 17.5. The highest BCUT2D eigenvalue weighted by atomic mass is 16.6. The zero-order chi connectivity index (χ0) is 20.8. The van der Waals surface area contributed by atoms with Crippen molar-refractivity contribution < 1.29 is 19.4 Å². The van der Waals surface area contributed by atoms with Crippen molar-refractivity contribution >= 4 is 28.8 Å². The Morgan fingerprint density at radius 3 is 2.38 bits per heavy atom. The number of aromatic nitrogens is 1. The van der Waals surface area contributed by atoms with Crippen LogP contribution in [0.15, 0.2) is 24.3 Å². The van der Waals surface area contributed by atoms with Gasteiger partial charge in [-0.05, 0) is 69.4 Å². The zero-order valence-corrected chi connectivity index (χ0v) is 17.1. The fourth-order valence-electron chi connectivity index (χ4n) is 3.70. The quantitative estimate of drug-likeness (QED) is 0.847. The van der Waals surface area contributed by atoms with Crippen molar-refractivity contribution in [1.29, 1.82) is 0 Å². The lowest BCUT2D eigenvalue weighted by Crippen LogP contribution is -2.50. The molecule has 1 amide bonds. The van der Waals surface area contributed by atoms with E-state index in [1.165, 1.54) is 0 Å². The molecule has 1 saturated heterocycles. The summed E-state index contributed by atoms with van der Waals surface area (Å²) in [7, 11) is 0. The van der Waals surface area contributed by atoms with E-state index in [1.54, 1.807) is 17.0 Å². The number of ether oxygens (including phenoxy) is 1. The van der Waals surface area contributed by atoms with E-state index in [-0.39, 0.29) is 6.09 Å². The number of carbonyl (C=O) groups excluding carboxylic acids is 1. The fourth-order valence-corrected chi connectivity index (χ4v) is 3.70. The number of nitrogens with zero attached hydrogens (tertiary/aromatic N) is 3. The number of rotatable bonds is 3. The van der Waals surface area contributed by atoms with Gasteiger partial charge >= 0.3 is 12.1 Å². The summed E-state index contributed by atoms with van der Waals surface area (Å²) in [5, 5.41) is 10.3. The monoisotopic (exact) mass is 397 g/mol. The number of benzene rings is 1. The highest BCUT2D eigenvalue weighted by Gasteiger charge is 2.29. The largest absolute Gasteiger partial charge is 0.478 e. The summed E-state index contributed by atoms with van der Waals surface area (Å²) < 4.78 is 5.46. The topological polar surface area (TPSA) is 83.0 Å². The van der Waals surface area contributed by atoms with E-state index >= 15 is 0 Å². The molecule has 2 fully saturated rings. The van der Waals surface area contributed by atoms with Gasteiger partial charge in [-0.25, -0.2) is 14.6 Å². The van der Waals surface area contributed by atoms with Crippen molar-refractivity contribution in [3.8, 4) is 0 Å². The second kappa shape index (κ2) is 7.21. The minimum absolute atomic E-state index is 0.277. The first-order valence-electron chi connectivity index (χ1n) is 10.1. The van der Waals surface area contributed by atoms with Gasteiger partial charge in [-0.1, -0.05) is 0 Å². The van der Waals surface area contributed by atoms with Gasteiger partial charge in [-0.3, -0.25) is 0 Å². The van der Waals surface area contributed by atoms with Gasteiger partial charge in [0.05, 0.1) is 11.1 Å². The molecule has 7 nitrogen and oxygen atoms in total. The summed E-state index contributed by atoms with van der Waals surface area (Å²) >= 11 is 0. The lowest BCUT2D eigenvalue weighted by molar-refractivity contribution is 0.0240. The molecule has 1 aromatic carbocycles. The van der Waals surface area contributed by atoms with E-state index in [4.69, 9.17) is 9.72 Å². The van der Waals surface area contributed by atoms with Crippen LogP contribution in [0.1, 0.15) is 55.5 Å². The van der Waals surface area contributed by atoms with Gasteiger partial charge in [-0.2, -0.15) is 0 Å². The van der Waals surface area contributed by atoms with Crippen LogP contribution in [0.5, 0.6) is 0 Å². The van der Waals surface area contributed by atoms with Crippen molar-refractivity contribution in [2.24, 2.45) is 0 Å². The molecule has 2 heterocycles. The fraction of sp³-hybridized carbons (Fsp3) is 0.500. The van der Waals surface area contributed by atoms with E-state index in [0.717, 1.165) is 35.1 Å². The van der Waals surface area contributed by atoms with E-state index in [0.29, 0.717) is 37.7 Å². The highest BCUT2D eigenvalue weighted by Crippen LogP contribution is 2.43. The van der Waals surface area contributed by atoms with Crippen LogP contribution in [0, 0.1) is 0 Å². The first-order chi connectivity index (χ1) is 13.7. The number of amides is 1. The first-order valence-corrected chi connectivity index (χ1v) is 10.1. The Kier molecular flexibility index (Phi) is 4.84. The minimum atomic E-state index is -0.906. The van der Waals surface area contributed by atoms with Crippen LogP contribution < -0.4 is 4.90 Å². The Morgan fingerprint density at radius 1 is 1.10 bits per heavy atom. The first kappa shape index (κ1) is 19.5. The second-order valence-corrected chi connectivity index (χ2v) is 8.84. The predicted octanol–water partition coefficient (Wildman–Crippen LogP) is 3.87. The summed E-state index contributed by atoms with van der Waals surface area (Å²) in [6, 6.07) is 7.37. The van der Waals surface area contributed by atoms with Crippen LogP contribution in [-0.2, 0) is 4.74 Å². The van der Waals surface area contributed by atoms with Gasteiger partial charge in [0.15, 0.2) is 0 Å². The Hall–Kier alpha value is -2.83. The Morgan fingerprint density at radius 2 is 1.79 bits per heavy atom. The van der Waals surface area contributed by atoms with Crippen LogP contribution in [0.3, 0.4) is 0 Å². The number of carboxylic acid groups (broad SMARTS) is 1. The minimum Gasteiger partial charge on any atom is -0.478 e. The van der Waals surface area contributed by atoms with Crippen molar-refractivity contribution in [1.82, 2.24) is 9.88 Å². The Bertz CT molecular complexity index is 954. The van der Waals surface area contributed by atoms with E-state index in [2.05, 4.69) is 4.90 Å². The highest BCUT2D eigenvalue weighted by molar-refractivity contribution is 5.95. The summed E-state index contributed by atoms with van der Waals surface area (Å²) in [5.41, 5.74) is 1.75. The van der Waals surface area contributed by atoms with Gasteiger partial charge in [0, 0.05) is 31.6 Å². The van der Waals surface area contributed by atoms with Crippen LogP contribution >= 0.6 is 0 Å². The smallest absolute Gasteiger partial charge is 0.410 e. The number of hydrogen-bond acceptors (Lipinski definition) is 5. The lowest BCUT2D eigenvalue weighted by Gasteiger charge is -2.36. The number of piperazine rings is 1. The number of aromatic carboxylic acids is 1. The third kappa shape index (κ3) is 4.28. The molecular weight excluding hydrogens is 370 g/mol. The number of fused-ring (bicyclic) bond motifs is 1. The van der Waals surface area contributed by atoms with Gasteiger partial charge in [0.1, 0.15) is 11.4 Å². The van der Waals surface area contributed by atoms with E-state index < -0.39 is 11.6 Å². The molecule has 1 N–H and O–H groups in total. The third-order valence-electron chi connectivity index (χ3n) is 5.33. The average molecular weight is 397 g/mol. The second-order valence-electron chi connectivity index (χ2n) is 8.84. The van der Waals surface area contributed by atoms with Gasteiger partial charge < -0.3 is 19.6 Å². The van der Waals surface area contributed by atoms with E-state index in [1.807, 2.05) is 32.9 Å². The van der Waals surface area contributed by atoms with E-state index in [9.17, 15) is 14.7 Å². The number of anilines is 1. The summed E-state index contributed by atoms with van der Waals surface area (Å²) in [4.78, 5) is 32.5. The molecule has 2 aliphatic rings. The maximum absolute atomic E-state index is 12.3. The van der Waals surface area contributed by atoms with Crippen LogP contribution in [0.25, 0.3) is 10.9 Å². The SMILES string of the molecule is CC(C)(C)OC(=O)N1CCN(c2ccc3cc(C(=O)O)cc(C4CC4)c3n2)CC1. The molecule has 1 aliphatic heterocycles. The Balaban J connectivity index is 1.53. The van der Waals surface area contributed by atoms with Crippen molar-refractivity contribution in [2.45, 2.75) is 45.1 Å². The summed E-state index contributed by atoms with van der Waals surface area (Å²) in [6.07, 6.45) is 1.89. The van der Waals surface area contributed by atoms with Gasteiger partial charge in [0.2, 0.25) is 0 Å². The molecule has 7 heteroatoms. The summed E-state index contributed by atoms with van der Waals surface area (Å²) in [6.45, 7) is 8.14. The van der Waals surface area contributed by atoms with Crippen LogP contribution in [0.4, 0.5) is 10.6 Å². The average Bonchev–Trinajstić information content (AvgIpc) is 3.50. The van der Waals surface area contributed by atoms with Crippen LogP contribution in [0.2, 0.25) is 0 Å². The number of hydrogen-bond donors (Lipinski definition) is 1. The number of carbonyl (C=O) groups is 2. The molecule has 4 rings (SSSR count). The summed E-state index contributed by atoms with van der Waals surface area (Å²) in [5.74, 6) is 0.367. The molecule has 1 aromatic heterocycles.